The molecule has 0 saturated heterocycles. The molecule has 0 spiro atoms. The maximum atomic E-state index is 12.1. The number of aliphatic hydroxyl groups is 1. The van der Waals surface area contributed by atoms with Gasteiger partial charge in [0.05, 0.1) is 6.61 Å². The van der Waals surface area contributed by atoms with Gasteiger partial charge in [0, 0.05) is 6.61 Å². The van der Waals surface area contributed by atoms with Gasteiger partial charge in [0.25, 0.3) is 0 Å². The molecule has 5 heteroatoms. The van der Waals surface area contributed by atoms with Crippen LogP contribution in [0.3, 0.4) is 0 Å². The van der Waals surface area contributed by atoms with Crippen molar-refractivity contribution in [1.82, 2.24) is 5.32 Å². The first-order chi connectivity index (χ1) is 9.60. The van der Waals surface area contributed by atoms with Crippen molar-refractivity contribution in [3.8, 4) is 0 Å². The number of hydrogen-bond acceptors (Lipinski definition) is 5. The molecule has 0 fully saturated rings. The molecule has 20 heavy (non-hydrogen) atoms. The Morgan fingerprint density at radius 1 is 1.25 bits per heavy atom. The number of aliphatic hydroxyl groups excluding tert-OH is 1. The van der Waals surface area contributed by atoms with Crippen LogP contribution in [0.2, 0.25) is 0 Å². The van der Waals surface area contributed by atoms with Gasteiger partial charge in [0.15, 0.2) is 0 Å². The zero-order chi connectivity index (χ0) is 15.3. The van der Waals surface area contributed by atoms with Crippen LogP contribution in [0.5, 0.6) is 0 Å². The van der Waals surface area contributed by atoms with E-state index in [1.165, 1.54) is 0 Å². The summed E-state index contributed by atoms with van der Waals surface area (Å²) < 4.78 is 5.18. The fraction of sp³-hybridized carbons (Fsp3) is 0.933. The van der Waals surface area contributed by atoms with Crippen LogP contribution in [-0.4, -0.2) is 47.9 Å². The second-order valence-corrected chi connectivity index (χ2v) is 6.35. The quantitative estimate of drug-likeness (QED) is 0.404. The van der Waals surface area contributed by atoms with Gasteiger partial charge in [-0.25, -0.2) is 0 Å². The minimum Gasteiger partial charge on any atom is -0.465 e. The fourth-order valence-corrected chi connectivity index (χ4v) is 2.85. The number of carbonyl (C=O) groups excluding carboxylic acids is 1. The van der Waals surface area contributed by atoms with Gasteiger partial charge in [-0.2, -0.15) is 11.8 Å². The van der Waals surface area contributed by atoms with Gasteiger partial charge < -0.3 is 15.2 Å². The van der Waals surface area contributed by atoms with Gasteiger partial charge in [-0.15, -0.1) is 0 Å². The van der Waals surface area contributed by atoms with Gasteiger partial charge >= 0.3 is 5.97 Å². The Morgan fingerprint density at radius 3 is 2.55 bits per heavy atom. The second kappa shape index (κ2) is 12.5. The Hall–Kier alpha value is -0.260. The predicted molar refractivity (Wildman–Crippen MR) is 86.2 cm³/mol. The second-order valence-electron chi connectivity index (χ2n) is 5.13. The van der Waals surface area contributed by atoms with E-state index in [9.17, 15) is 4.79 Å². The van der Waals surface area contributed by atoms with Gasteiger partial charge in [-0.05, 0) is 57.6 Å². The van der Waals surface area contributed by atoms with Crippen LogP contribution in [0.15, 0.2) is 0 Å². The normalized spacial score (nSPS) is 14.0. The van der Waals surface area contributed by atoms with Crippen LogP contribution in [0.1, 0.15) is 52.9 Å². The standard InChI is InChI=1S/C15H31NO3S/c1-4-10-16-15(3,14(18)19-5-2)9-6-7-12-20-13-8-11-17/h16-17H,4-13H2,1-3H3. The SMILES string of the molecule is CCCNC(C)(CCCCSCCCO)C(=O)OCC. The molecule has 0 bridgehead atoms. The number of ether oxygens (including phenoxy) is 1. The summed E-state index contributed by atoms with van der Waals surface area (Å²) in [5.41, 5.74) is -0.554. The van der Waals surface area contributed by atoms with Crippen LogP contribution < -0.4 is 5.32 Å². The zero-order valence-electron chi connectivity index (χ0n) is 13.2. The summed E-state index contributed by atoms with van der Waals surface area (Å²) in [5, 5.41) is 12.0. The van der Waals surface area contributed by atoms with E-state index in [4.69, 9.17) is 9.84 Å². The van der Waals surface area contributed by atoms with Crippen molar-refractivity contribution < 1.29 is 14.6 Å². The summed E-state index contributed by atoms with van der Waals surface area (Å²) in [5.74, 6) is 1.97. The maximum Gasteiger partial charge on any atom is 0.326 e. The highest BCUT2D eigenvalue weighted by Crippen LogP contribution is 2.18. The van der Waals surface area contributed by atoms with Crippen LogP contribution >= 0.6 is 11.8 Å². The molecule has 0 radical (unpaired) electrons. The smallest absolute Gasteiger partial charge is 0.326 e. The third-order valence-electron chi connectivity index (χ3n) is 3.15. The van der Waals surface area contributed by atoms with Crippen LogP contribution in [0, 0.1) is 0 Å². The lowest BCUT2D eigenvalue weighted by Gasteiger charge is -2.28. The van der Waals surface area contributed by atoms with E-state index in [1.54, 1.807) is 0 Å². The third-order valence-corrected chi connectivity index (χ3v) is 4.31. The first kappa shape index (κ1) is 19.7. The Kier molecular flexibility index (Phi) is 12.3. The van der Waals surface area contributed by atoms with Crippen LogP contribution in [-0.2, 0) is 9.53 Å². The molecule has 0 aromatic heterocycles. The number of unbranched alkanes of at least 4 members (excludes halogenated alkanes) is 1. The molecule has 120 valence electrons. The molecule has 0 rings (SSSR count). The maximum absolute atomic E-state index is 12.1. The van der Waals surface area contributed by atoms with E-state index in [0.29, 0.717) is 6.61 Å². The number of hydrogen-bond donors (Lipinski definition) is 2. The molecular weight excluding hydrogens is 274 g/mol. The Labute approximate surface area is 128 Å². The molecule has 0 aliphatic heterocycles. The average molecular weight is 305 g/mol. The molecule has 0 saturated carbocycles. The van der Waals surface area contributed by atoms with Crippen molar-refractivity contribution in [2.45, 2.75) is 58.4 Å². The molecule has 0 aliphatic carbocycles. The predicted octanol–water partition coefficient (Wildman–Crippen LogP) is 2.59. The Balaban J connectivity index is 4.00. The lowest BCUT2D eigenvalue weighted by atomic mass is 9.95. The Morgan fingerprint density at radius 2 is 1.95 bits per heavy atom. The largest absolute Gasteiger partial charge is 0.465 e. The van der Waals surface area contributed by atoms with Gasteiger partial charge in [-0.1, -0.05) is 13.3 Å². The molecule has 1 atom stereocenters. The average Bonchev–Trinajstić information content (AvgIpc) is 2.44. The van der Waals surface area contributed by atoms with Crippen molar-refractivity contribution in [3.63, 3.8) is 0 Å². The molecule has 4 nitrogen and oxygen atoms in total. The number of nitrogens with one attached hydrogen (secondary N) is 1. The highest BCUT2D eigenvalue weighted by Gasteiger charge is 2.33. The van der Waals surface area contributed by atoms with E-state index in [2.05, 4.69) is 12.2 Å². The molecule has 0 aliphatic rings. The molecule has 0 amide bonds. The summed E-state index contributed by atoms with van der Waals surface area (Å²) in [6.07, 6.45) is 4.79. The van der Waals surface area contributed by atoms with Gasteiger partial charge in [-0.3, -0.25) is 4.79 Å². The molecule has 0 aromatic carbocycles. The summed E-state index contributed by atoms with van der Waals surface area (Å²) in [6.45, 7) is 7.42. The Bertz CT molecular complexity index is 251. The molecule has 0 heterocycles. The van der Waals surface area contributed by atoms with E-state index in [0.717, 1.165) is 50.2 Å². The number of rotatable bonds is 13. The topological polar surface area (TPSA) is 58.6 Å². The summed E-state index contributed by atoms with van der Waals surface area (Å²) in [4.78, 5) is 12.1. The highest BCUT2D eigenvalue weighted by atomic mass is 32.2. The molecule has 1 unspecified atom stereocenters. The van der Waals surface area contributed by atoms with E-state index in [1.807, 2.05) is 25.6 Å². The van der Waals surface area contributed by atoms with Crippen molar-refractivity contribution in [1.29, 1.82) is 0 Å². The third kappa shape index (κ3) is 8.82. The minimum absolute atomic E-state index is 0.138. The highest BCUT2D eigenvalue weighted by molar-refractivity contribution is 7.99. The summed E-state index contributed by atoms with van der Waals surface area (Å²) in [6, 6.07) is 0. The number of carbonyl (C=O) groups is 1. The monoisotopic (exact) mass is 305 g/mol. The van der Waals surface area contributed by atoms with Crippen LogP contribution in [0.25, 0.3) is 0 Å². The minimum atomic E-state index is -0.554. The molecule has 2 N–H and O–H groups in total. The molecular formula is C15H31NO3S. The van der Waals surface area contributed by atoms with E-state index in [-0.39, 0.29) is 12.6 Å². The van der Waals surface area contributed by atoms with E-state index >= 15 is 0 Å². The lowest BCUT2D eigenvalue weighted by Crippen LogP contribution is -2.50. The van der Waals surface area contributed by atoms with E-state index < -0.39 is 5.54 Å². The van der Waals surface area contributed by atoms with Crippen molar-refractivity contribution in [2.24, 2.45) is 0 Å². The first-order valence-electron chi connectivity index (χ1n) is 7.71. The number of thioether (sulfide) groups is 1. The van der Waals surface area contributed by atoms with Crippen LogP contribution in [0.4, 0.5) is 0 Å². The fourth-order valence-electron chi connectivity index (χ4n) is 1.91. The first-order valence-corrected chi connectivity index (χ1v) is 8.87. The zero-order valence-corrected chi connectivity index (χ0v) is 14.1. The van der Waals surface area contributed by atoms with Crippen molar-refractivity contribution in [2.75, 3.05) is 31.3 Å². The van der Waals surface area contributed by atoms with Gasteiger partial charge in [0.2, 0.25) is 0 Å². The van der Waals surface area contributed by atoms with Crippen molar-refractivity contribution >= 4 is 17.7 Å². The number of esters is 1. The lowest BCUT2D eigenvalue weighted by molar-refractivity contribution is -0.150. The van der Waals surface area contributed by atoms with Crippen molar-refractivity contribution in [3.05, 3.63) is 0 Å². The molecule has 0 aromatic rings. The summed E-state index contributed by atoms with van der Waals surface area (Å²) in [7, 11) is 0. The van der Waals surface area contributed by atoms with Gasteiger partial charge in [0.1, 0.15) is 5.54 Å². The summed E-state index contributed by atoms with van der Waals surface area (Å²) >= 11 is 1.87.